The Morgan fingerprint density at radius 2 is 2.14 bits per heavy atom. The molecule has 6 heteroatoms. The Hall–Kier alpha value is -3.02. The number of benzene rings is 2. The summed E-state index contributed by atoms with van der Waals surface area (Å²) in [6.45, 7) is 0. The fourth-order valence-electron chi connectivity index (χ4n) is 1.93. The highest BCUT2D eigenvalue weighted by Gasteiger charge is 2.02. The minimum atomic E-state index is 0.131. The molecule has 1 heterocycles. The molecule has 21 heavy (non-hydrogen) atoms. The largest absolute Gasteiger partial charge is 0.507 e. The molecule has 0 aliphatic rings. The highest BCUT2D eigenvalue weighted by molar-refractivity contribution is 5.84. The summed E-state index contributed by atoms with van der Waals surface area (Å²) < 4.78 is 5.10. The molecule has 0 unspecified atom stereocenters. The number of ether oxygens (including phenoxy) is 1. The zero-order chi connectivity index (χ0) is 14.7. The first-order valence-corrected chi connectivity index (χ1v) is 6.37. The Kier molecular flexibility index (Phi) is 3.42. The summed E-state index contributed by atoms with van der Waals surface area (Å²) in [5.41, 5.74) is 5.14. The Bertz CT molecular complexity index is 762. The van der Waals surface area contributed by atoms with Crippen LogP contribution >= 0.6 is 0 Å². The van der Waals surface area contributed by atoms with Gasteiger partial charge in [-0.2, -0.15) is 5.10 Å². The molecule has 6 nitrogen and oxygen atoms in total. The number of H-pyrrole nitrogens is 1. The van der Waals surface area contributed by atoms with Crippen LogP contribution in [0.3, 0.4) is 0 Å². The second kappa shape index (κ2) is 5.54. The van der Waals surface area contributed by atoms with E-state index in [1.54, 1.807) is 25.3 Å². The van der Waals surface area contributed by atoms with Crippen molar-refractivity contribution in [1.82, 2.24) is 9.97 Å². The predicted octanol–water partition coefficient (Wildman–Crippen LogP) is 2.72. The number of hydrogen-bond acceptors (Lipinski definition) is 5. The van der Waals surface area contributed by atoms with Crippen LogP contribution < -0.4 is 10.2 Å². The van der Waals surface area contributed by atoms with Crippen LogP contribution in [0.15, 0.2) is 47.6 Å². The standard InChI is InChI=1S/C15H14N4O2/c1-21-11-6-7-14(20)10(8-11)9-16-19-15-17-12-4-2-3-5-13(12)18-15/h2-9,20H,1H3,(H2,17,18,19)/b16-9+. The molecule has 3 N–H and O–H groups in total. The summed E-state index contributed by atoms with van der Waals surface area (Å²) in [5.74, 6) is 1.32. The molecule has 0 spiro atoms. The van der Waals surface area contributed by atoms with Crippen molar-refractivity contribution in [2.45, 2.75) is 0 Å². The fraction of sp³-hybridized carbons (Fsp3) is 0.0667. The fourth-order valence-corrected chi connectivity index (χ4v) is 1.93. The van der Waals surface area contributed by atoms with Crippen molar-refractivity contribution in [3.8, 4) is 11.5 Å². The molecule has 0 bridgehead atoms. The van der Waals surface area contributed by atoms with Crippen molar-refractivity contribution in [3.05, 3.63) is 48.0 Å². The van der Waals surface area contributed by atoms with E-state index in [1.165, 1.54) is 6.21 Å². The van der Waals surface area contributed by atoms with Crippen molar-refractivity contribution in [2.75, 3.05) is 12.5 Å². The van der Waals surface area contributed by atoms with Crippen LogP contribution in [0.2, 0.25) is 0 Å². The molecule has 2 aromatic carbocycles. The number of hydrazone groups is 1. The number of aromatic hydroxyl groups is 1. The van der Waals surface area contributed by atoms with Gasteiger partial charge in [0, 0.05) is 5.56 Å². The number of aromatic nitrogens is 2. The zero-order valence-corrected chi connectivity index (χ0v) is 11.4. The van der Waals surface area contributed by atoms with E-state index in [0.717, 1.165) is 11.0 Å². The quantitative estimate of drug-likeness (QED) is 0.507. The second-order valence-electron chi connectivity index (χ2n) is 4.40. The highest BCUT2D eigenvalue weighted by Crippen LogP contribution is 2.21. The minimum absolute atomic E-state index is 0.131. The maximum absolute atomic E-state index is 9.74. The maximum Gasteiger partial charge on any atom is 0.222 e. The molecule has 3 rings (SSSR count). The van der Waals surface area contributed by atoms with Gasteiger partial charge >= 0.3 is 0 Å². The lowest BCUT2D eigenvalue weighted by Gasteiger charge is -2.02. The molecule has 106 valence electrons. The van der Waals surface area contributed by atoms with Gasteiger partial charge in [-0.05, 0) is 30.3 Å². The van der Waals surface area contributed by atoms with Gasteiger partial charge in [0.15, 0.2) is 0 Å². The highest BCUT2D eigenvalue weighted by atomic mass is 16.5. The molecule has 0 aliphatic heterocycles. The number of hydrogen-bond donors (Lipinski definition) is 3. The molecular formula is C15H14N4O2. The predicted molar refractivity (Wildman–Crippen MR) is 82.0 cm³/mol. The van der Waals surface area contributed by atoms with Gasteiger partial charge in [0.05, 0.1) is 24.4 Å². The number of phenolic OH excluding ortho intramolecular Hbond substituents is 1. The molecule has 0 aliphatic carbocycles. The Morgan fingerprint density at radius 1 is 1.29 bits per heavy atom. The number of phenols is 1. The first-order chi connectivity index (χ1) is 10.3. The summed E-state index contributed by atoms with van der Waals surface area (Å²) in [5, 5.41) is 13.8. The van der Waals surface area contributed by atoms with E-state index in [4.69, 9.17) is 4.74 Å². The number of nitrogens with zero attached hydrogens (tertiary/aromatic N) is 2. The second-order valence-corrected chi connectivity index (χ2v) is 4.40. The van der Waals surface area contributed by atoms with E-state index in [9.17, 15) is 5.11 Å². The monoisotopic (exact) mass is 282 g/mol. The van der Waals surface area contributed by atoms with E-state index in [0.29, 0.717) is 17.3 Å². The average Bonchev–Trinajstić information content (AvgIpc) is 2.92. The number of imidazole rings is 1. The van der Waals surface area contributed by atoms with E-state index < -0.39 is 0 Å². The van der Waals surface area contributed by atoms with Gasteiger partial charge in [0.1, 0.15) is 11.5 Å². The van der Waals surface area contributed by atoms with Crippen LogP contribution in [0.25, 0.3) is 11.0 Å². The van der Waals surface area contributed by atoms with Gasteiger partial charge in [0.2, 0.25) is 5.95 Å². The van der Waals surface area contributed by atoms with E-state index >= 15 is 0 Å². The number of rotatable bonds is 4. The lowest BCUT2D eigenvalue weighted by molar-refractivity contribution is 0.412. The molecule has 0 saturated carbocycles. The molecule has 0 amide bonds. The van der Waals surface area contributed by atoms with Gasteiger partial charge in [-0.25, -0.2) is 10.4 Å². The number of para-hydroxylation sites is 2. The molecular weight excluding hydrogens is 268 g/mol. The van der Waals surface area contributed by atoms with E-state index in [-0.39, 0.29) is 5.75 Å². The van der Waals surface area contributed by atoms with Crippen LogP contribution in [0.1, 0.15) is 5.56 Å². The first-order valence-electron chi connectivity index (χ1n) is 6.37. The lowest BCUT2D eigenvalue weighted by atomic mass is 10.2. The Morgan fingerprint density at radius 3 is 2.95 bits per heavy atom. The van der Waals surface area contributed by atoms with Crippen molar-refractivity contribution in [2.24, 2.45) is 5.10 Å². The van der Waals surface area contributed by atoms with Crippen LogP contribution in [-0.2, 0) is 0 Å². The molecule has 0 radical (unpaired) electrons. The van der Waals surface area contributed by atoms with Crippen LogP contribution in [0, 0.1) is 0 Å². The van der Waals surface area contributed by atoms with Crippen molar-refractivity contribution >= 4 is 23.2 Å². The molecule has 0 saturated heterocycles. The minimum Gasteiger partial charge on any atom is -0.507 e. The summed E-state index contributed by atoms with van der Waals surface area (Å²) in [7, 11) is 1.57. The molecule has 3 aromatic rings. The molecule has 0 atom stereocenters. The summed E-state index contributed by atoms with van der Waals surface area (Å²) >= 11 is 0. The van der Waals surface area contributed by atoms with Crippen LogP contribution in [0.5, 0.6) is 11.5 Å². The third kappa shape index (κ3) is 2.79. The van der Waals surface area contributed by atoms with Gasteiger partial charge in [-0.1, -0.05) is 12.1 Å². The van der Waals surface area contributed by atoms with E-state index in [2.05, 4.69) is 20.5 Å². The van der Waals surface area contributed by atoms with Gasteiger partial charge in [0.25, 0.3) is 0 Å². The third-order valence-corrected chi connectivity index (χ3v) is 3.00. The lowest BCUT2D eigenvalue weighted by Crippen LogP contribution is -1.93. The smallest absolute Gasteiger partial charge is 0.222 e. The third-order valence-electron chi connectivity index (χ3n) is 3.00. The zero-order valence-electron chi connectivity index (χ0n) is 11.4. The topological polar surface area (TPSA) is 82.5 Å². The summed E-state index contributed by atoms with van der Waals surface area (Å²) in [6.07, 6.45) is 1.50. The SMILES string of the molecule is COc1ccc(O)c(/C=N/Nc2nc3ccccc3[nH]2)c1. The number of methoxy groups -OCH3 is 1. The van der Waals surface area contributed by atoms with Crippen LogP contribution in [-0.4, -0.2) is 28.4 Å². The first kappa shape index (κ1) is 13.0. The normalized spacial score (nSPS) is 11.1. The van der Waals surface area contributed by atoms with Gasteiger partial charge in [-0.3, -0.25) is 0 Å². The van der Waals surface area contributed by atoms with Crippen molar-refractivity contribution < 1.29 is 9.84 Å². The van der Waals surface area contributed by atoms with Gasteiger partial charge in [-0.15, -0.1) is 0 Å². The van der Waals surface area contributed by atoms with Crippen molar-refractivity contribution in [1.29, 1.82) is 0 Å². The molecule has 1 aromatic heterocycles. The maximum atomic E-state index is 9.74. The average molecular weight is 282 g/mol. The summed E-state index contributed by atoms with van der Waals surface area (Å²) in [4.78, 5) is 7.43. The van der Waals surface area contributed by atoms with Gasteiger partial charge < -0.3 is 14.8 Å². The Labute approximate surface area is 121 Å². The number of anilines is 1. The Balaban J connectivity index is 1.77. The van der Waals surface area contributed by atoms with E-state index in [1.807, 2.05) is 24.3 Å². The number of aromatic amines is 1. The molecule has 0 fully saturated rings. The number of fused-ring (bicyclic) bond motifs is 1. The number of nitrogens with one attached hydrogen (secondary N) is 2. The van der Waals surface area contributed by atoms with Crippen LogP contribution in [0.4, 0.5) is 5.95 Å². The summed E-state index contributed by atoms with van der Waals surface area (Å²) in [6, 6.07) is 12.6. The van der Waals surface area contributed by atoms with Crippen molar-refractivity contribution in [3.63, 3.8) is 0 Å².